The molecular formula is C20H25BFN3O5. The molecule has 2 aliphatic rings. The number of rotatable bonds is 7. The SMILES string of the molecule is CC(C#N)C(=O)N1C2CCC1(COC(=O)NC(Cc1ccc(F)cc1)B(O)O)CC2. The van der Waals surface area contributed by atoms with Crippen LogP contribution < -0.4 is 5.32 Å². The van der Waals surface area contributed by atoms with E-state index >= 15 is 0 Å². The van der Waals surface area contributed by atoms with Gasteiger partial charge in [0.1, 0.15) is 18.3 Å². The largest absolute Gasteiger partial charge is 0.475 e. The van der Waals surface area contributed by atoms with Crippen molar-refractivity contribution in [2.24, 2.45) is 5.92 Å². The number of alkyl carbamates (subject to hydrolysis) is 1. The van der Waals surface area contributed by atoms with E-state index in [1.165, 1.54) is 24.3 Å². The van der Waals surface area contributed by atoms with Gasteiger partial charge >= 0.3 is 13.2 Å². The molecule has 2 bridgehead atoms. The van der Waals surface area contributed by atoms with Crippen LogP contribution >= 0.6 is 0 Å². The number of benzene rings is 1. The second-order valence-electron chi connectivity index (χ2n) is 8.09. The van der Waals surface area contributed by atoms with Crippen LogP contribution in [0.1, 0.15) is 38.2 Å². The zero-order chi connectivity index (χ0) is 21.9. The molecule has 2 saturated heterocycles. The van der Waals surface area contributed by atoms with Gasteiger partial charge in [-0.2, -0.15) is 5.26 Å². The first-order chi connectivity index (χ1) is 14.3. The summed E-state index contributed by atoms with van der Waals surface area (Å²) in [5.74, 6) is -2.47. The molecule has 8 nitrogen and oxygen atoms in total. The average molecular weight is 417 g/mol. The van der Waals surface area contributed by atoms with Gasteiger partial charge in [0.2, 0.25) is 5.91 Å². The van der Waals surface area contributed by atoms with Crippen molar-refractivity contribution in [1.29, 1.82) is 5.26 Å². The molecule has 0 radical (unpaired) electrons. The highest BCUT2D eigenvalue weighted by Gasteiger charge is 2.55. The predicted octanol–water partition coefficient (Wildman–Crippen LogP) is 1.16. The van der Waals surface area contributed by atoms with E-state index < -0.39 is 36.4 Å². The van der Waals surface area contributed by atoms with Crippen LogP contribution in [0.15, 0.2) is 24.3 Å². The summed E-state index contributed by atoms with van der Waals surface area (Å²) in [5, 5.41) is 30.7. The van der Waals surface area contributed by atoms with Crippen LogP contribution in [0.5, 0.6) is 0 Å². The Hall–Kier alpha value is -2.64. The van der Waals surface area contributed by atoms with E-state index in [0.29, 0.717) is 18.4 Å². The van der Waals surface area contributed by atoms with Gasteiger partial charge in [-0.3, -0.25) is 4.79 Å². The van der Waals surface area contributed by atoms with Crippen molar-refractivity contribution in [1.82, 2.24) is 10.2 Å². The minimum atomic E-state index is -1.84. The maximum absolute atomic E-state index is 13.0. The molecule has 0 spiro atoms. The Kier molecular flexibility index (Phi) is 6.63. The molecule has 10 heteroatoms. The van der Waals surface area contributed by atoms with Gasteiger partial charge in [-0.15, -0.1) is 0 Å². The van der Waals surface area contributed by atoms with Crippen LogP contribution in [0, 0.1) is 23.1 Å². The number of nitriles is 1. The summed E-state index contributed by atoms with van der Waals surface area (Å²) in [5.41, 5.74) is -0.000764. The van der Waals surface area contributed by atoms with Gasteiger partial charge in [0.25, 0.3) is 0 Å². The predicted molar refractivity (Wildman–Crippen MR) is 105 cm³/mol. The van der Waals surface area contributed by atoms with Crippen molar-refractivity contribution < 1.29 is 28.8 Å². The maximum Gasteiger partial charge on any atom is 0.475 e. The zero-order valence-electron chi connectivity index (χ0n) is 16.8. The Morgan fingerprint density at radius 3 is 2.57 bits per heavy atom. The number of amides is 2. The van der Waals surface area contributed by atoms with E-state index in [1.54, 1.807) is 11.8 Å². The van der Waals surface area contributed by atoms with Gasteiger partial charge in [0.05, 0.1) is 17.5 Å². The van der Waals surface area contributed by atoms with Gasteiger partial charge in [-0.25, -0.2) is 9.18 Å². The molecule has 1 aromatic rings. The van der Waals surface area contributed by atoms with E-state index in [1.807, 2.05) is 6.07 Å². The minimum absolute atomic E-state index is 0.0238. The van der Waals surface area contributed by atoms with Crippen molar-refractivity contribution in [2.75, 3.05) is 6.61 Å². The topological polar surface area (TPSA) is 123 Å². The molecule has 1 aromatic carbocycles. The van der Waals surface area contributed by atoms with Gasteiger partial charge in [0.15, 0.2) is 0 Å². The lowest BCUT2D eigenvalue weighted by atomic mass is 9.76. The van der Waals surface area contributed by atoms with E-state index in [9.17, 15) is 24.0 Å². The first-order valence-corrected chi connectivity index (χ1v) is 10.0. The third kappa shape index (κ3) is 4.58. The molecule has 3 N–H and O–H groups in total. The first kappa shape index (κ1) is 22.1. The molecular weight excluding hydrogens is 392 g/mol. The number of halogens is 1. The summed E-state index contributed by atoms with van der Waals surface area (Å²) >= 11 is 0. The fraction of sp³-hybridized carbons (Fsp3) is 0.550. The monoisotopic (exact) mass is 417 g/mol. The number of ether oxygens (including phenoxy) is 1. The minimum Gasteiger partial charge on any atom is -0.447 e. The number of carbonyl (C=O) groups excluding carboxylic acids is 2. The van der Waals surface area contributed by atoms with Crippen molar-refractivity contribution in [2.45, 2.75) is 56.5 Å². The highest BCUT2D eigenvalue weighted by molar-refractivity contribution is 6.43. The molecule has 2 atom stereocenters. The van der Waals surface area contributed by atoms with E-state index in [0.717, 1.165) is 12.8 Å². The molecule has 2 aliphatic heterocycles. The van der Waals surface area contributed by atoms with Gasteiger partial charge < -0.3 is 25.0 Å². The molecule has 0 aliphatic carbocycles. The fourth-order valence-electron chi connectivity index (χ4n) is 4.42. The molecule has 0 aromatic heterocycles. The van der Waals surface area contributed by atoms with Crippen LogP contribution in [-0.2, 0) is 16.0 Å². The normalized spacial score (nSPS) is 24.1. The molecule has 2 amide bonds. The van der Waals surface area contributed by atoms with Gasteiger partial charge in [-0.1, -0.05) is 12.1 Å². The highest BCUT2D eigenvalue weighted by Crippen LogP contribution is 2.47. The smallest absolute Gasteiger partial charge is 0.447 e. The summed E-state index contributed by atoms with van der Waals surface area (Å²) in [7, 11) is -1.84. The zero-order valence-corrected chi connectivity index (χ0v) is 16.8. The van der Waals surface area contributed by atoms with Crippen LogP contribution in [0.3, 0.4) is 0 Å². The number of fused-ring (bicyclic) bond motifs is 2. The van der Waals surface area contributed by atoms with Crippen molar-refractivity contribution >= 4 is 19.1 Å². The summed E-state index contributed by atoms with van der Waals surface area (Å²) in [6.45, 7) is 1.54. The highest BCUT2D eigenvalue weighted by atomic mass is 19.1. The maximum atomic E-state index is 13.0. The van der Waals surface area contributed by atoms with Crippen LogP contribution in [-0.4, -0.2) is 58.2 Å². The van der Waals surface area contributed by atoms with E-state index in [4.69, 9.17) is 10.00 Å². The van der Waals surface area contributed by atoms with Gasteiger partial charge in [-0.05, 0) is 56.7 Å². The Morgan fingerprint density at radius 2 is 2.00 bits per heavy atom. The van der Waals surface area contributed by atoms with Crippen molar-refractivity contribution in [3.63, 3.8) is 0 Å². The number of hydrogen-bond acceptors (Lipinski definition) is 6. The van der Waals surface area contributed by atoms with E-state index in [-0.39, 0.29) is 25.0 Å². The summed E-state index contributed by atoms with van der Waals surface area (Å²) in [6, 6.07) is 7.51. The number of hydrogen-bond donors (Lipinski definition) is 3. The molecule has 2 fully saturated rings. The van der Waals surface area contributed by atoms with Crippen molar-refractivity contribution in [3.05, 3.63) is 35.6 Å². The molecule has 2 unspecified atom stereocenters. The number of nitrogens with zero attached hydrogens (tertiary/aromatic N) is 2. The lowest BCUT2D eigenvalue weighted by Crippen LogP contribution is -2.52. The first-order valence-electron chi connectivity index (χ1n) is 10.0. The molecule has 0 saturated carbocycles. The quantitative estimate of drug-likeness (QED) is 0.573. The number of nitrogens with one attached hydrogen (secondary N) is 1. The van der Waals surface area contributed by atoms with Gasteiger partial charge in [0, 0.05) is 6.04 Å². The average Bonchev–Trinajstić information content (AvgIpc) is 3.27. The fourth-order valence-corrected chi connectivity index (χ4v) is 4.42. The lowest BCUT2D eigenvalue weighted by molar-refractivity contribution is -0.138. The van der Waals surface area contributed by atoms with Crippen LogP contribution in [0.4, 0.5) is 9.18 Å². The lowest BCUT2D eigenvalue weighted by Gasteiger charge is -2.35. The third-order valence-electron chi connectivity index (χ3n) is 6.07. The Labute approximate surface area is 174 Å². The third-order valence-corrected chi connectivity index (χ3v) is 6.07. The van der Waals surface area contributed by atoms with Crippen molar-refractivity contribution in [3.8, 4) is 6.07 Å². The molecule has 2 heterocycles. The summed E-state index contributed by atoms with van der Waals surface area (Å²) < 4.78 is 18.4. The second kappa shape index (κ2) is 9.02. The number of carbonyl (C=O) groups is 2. The van der Waals surface area contributed by atoms with Crippen LogP contribution in [0.2, 0.25) is 0 Å². The molecule has 30 heavy (non-hydrogen) atoms. The molecule has 160 valence electrons. The Balaban J connectivity index is 1.60. The summed E-state index contributed by atoms with van der Waals surface area (Å²) in [6.07, 6.45) is 2.23. The van der Waals surface area contributed by atoms with Crippen LogP contribution in [0.25, 0.3) is 0 Å². The van der Waals surface area contributed by atoms with E-state index in [2.05, 4.69) is 5.32 Å². The summed E-state index contributed by atoms with van der Waals surface area (Å²) in [4.78, 5) is 26.7. The second-order valence-corrected chi connectivity index (χ2v) is 8.09. The standard InChI is InChI=1S/C20H25BFN3O5/c1-13(11-23)18(26)25-16-6-8-20(25,9-7-16)12-30-19(27)24-17(21(28)29)10-14-2-4-15(22)5-3-14/h2-5,13,16-17,28-29H,6-10,12H2,1H3,(H,24,27). The Morgan fingerprint density at radius 1 is 1.37 bits per heavy atom. The molecule has 3 rings (SSSR count). The Bertz CT molecular complexity index is 821.